The number of hydrogen-bond donors (Lipinski definition) is 1. The molecule has 8 nitrogen and oxygen atoms in total. The summed E-state index contributed by atoms with van der Waals surface area (Å²) < 4.78 is 35.7. The molecule has 106 valence electrons. The fourth-order valence-electron chi connectivity index (χ4n) is 1.04. The van der Waals surface area contributed by atoms with Gasteiger partial charge in [0.1, 0.15) is 0 Å². The number of nitrogens with one attached hydrogen (secondary N) is 1. The zero-order valence-electron chi connectivity index (χ0n) is 10.9. The molecule has 0 saturated carbocycles. The van der Waals surface area contributed by atoms with Crippen molar-refractivity contribution in [1.82, 2.24) is 4.86 Å². The molecular formula is C6H21N2O6P3. The maximum absolute atomic E-state index is 5.31. The van der Waals surface area contributed by atoms with Gasteiger partial charge in [-0.2, -0.15) is 0 Å². The Hall–Kier alpha value is 0.810. The first kappa shape index (κ1) is 17.8. The van der Waals surface area contributed by atoms with Crippen LogP contribution in [-0.4, -0.2) is 42.7 Å². The molecule has 11 heteroatoms. The molecule has 1 unspecified atom stereocenters. The van der Waals surface area contributed by atoms with E-state index in [1.54, 1.807) is 0 Å². The van der Waals surface area contributed by atoms with Gasteiger partial charge in [0.25, 0.3) is 0 Å². The summed E-state index contributed by atoms with van der Waals surface area (Å²) in [6, 6.07) is 0. The van der Waals surface area contributed by atoms with Gasteiger partial charge in [0.2, 0.25) is 0 Å². The third-order valence-electron chi connectivity index (χ3n) is 2.14. The van der Waals surface area contributed by atoms with Crippen LogP contribution in [0.3, 0.4) is 0 Å². The van der Waals surface area contributed by atoms with E-state index in [4.69, 9.17) is 27.1 Å². The molecule has 0 heterocycles. The van der Waals surface area contributed by atoms with Gasteiger partial charge in [-0.1, -0.05) is 0 Å². The molecule has 0 amide bonds. The summed E-state index contributed by atoms with van der Waals surface area (Å²) >= 11 is 0. The van der Waals surface area contributed by atoms with Crippen molar-refractivity contribution in [2.24, 2.45) is 4.52 Å². The average Bonchev–Trinajstić information content (AvgIpc) is 2.43. The molecule has 17 heavy (non-hydrogen) atoms. The van der Waals surface area contributed by atoms with E-state index in [1.807, 2.05) is 0 Å². The molecular weight excluding hydrogens is 289 g/mol. The van der Waals surface area contributed by atoms with Crippen LogP contribution in [0.1, 0.15) is 0 Å². The molecule has 0 rings (SSSR count). The summed E-state index contributed by atoms with van der Waals surface area (Å²) in [5.74, 6) is 0. The minimum atomic E-state index is -3.91. The monoisotopic (exact) mass is 310 g/mol. The third kappa shape index (κ3) is 3.43. The van der Waals surface area contributed by atoms with Crippen molar-refractivity contribution in [2.45, 2.75) is 0 Å². The van der Waals surface area contributed by atoms with Crippen LogP contribution in [0.25, 0.3) is 0 Å². The average molecular weight is 310 g/mol. The van der Waals surface area contributed by atoms with E-state index in [0.29, 0.717) is 0 Å². The van der Waals surface area contributed by atoms with E-state index >= 15 is 0 Å². The molecule has 0 aliphatic carbocycles. The van der Waals surface area contributed by atoms with E-state index in [-0.39, 0.29) is 0 Å². The molecule has 0 saturated heterocycles. The Labute approximate surface area is 104 Å². The van der Waals surface area contributed by atoms with Crippen LogP contribution in [0.4, 0.5) is 0 Å². The van der Waals surface area contributed by atoms with Gasteiger partial charge in [0.15, 0.2) is 0 Å². The fourth-order valence-corrected chi connectivity index (χ4v) is 7.13. The Balaban J connectivity index is 5.88. The summed E-state index contributed by atoms with van der Waals surface area (Å²) in [5.41, 5.74) is 0. The Bertz CT molecular complexity index is 255. The van der Waals surface area contributed by atoms with Crippen molar-refractivity contribution >= 4 is 24.7 Å². The van der Waals surface area contributed by atoms with Crippen molar-refractivity contribution in [3.63, 3.8) is 0 Å². The van der Waals surface area contributed by atoms with Crippen LogP contribution in [0.2, 0.25) is 0 Å². The summed E-state index contributed by atoms with van der Waals surface area (Å²) in [4.78, 5) is 2.74. The Morgan fingerprint density at radius 2 is 1.24 bits per heavy atom. The fraction of sp³-hybridized carbons (Fsp3) is 1.00. The van der Waals surface area contributed by atoms with Crippen molar-refractivity contribution in [1.29, 1.82) is 0 Å². The molecule has 0 aliphatic heterocycles. The van der Waals surface area contributed by atoms with Crippen molar-refractivity contribution in [2.75, 3.05) is 42.7 Å². The van der Waals surface area contributed by atoms with Crippen LogP contribution in [0.5, 0.6) is 0 Å². The summed E-state index contributed by atoms with van der Waals surface area (Å²) in [7, 11) is 3.84. The molecule has 1 N–H and O–H groups in total. The molecule has 0 aromatic carbocycles. The molecule has 0 spiro atoms. The second kappa shape index (κ2) is 6.83. The Morgan fingerprint density at radius 1 is 0.882 bits per heavy atom. The predicted molar refractivity (Wildman–Crippen MR) is 71.2 cm³/mol. The minimum absolute atomic E-state index is 1.40. The summed E-state index contributed by atoms with van der Waals surface area (Å²) in [6.45, 7) is 0. The van der Waals surface area contributed by atoms with Crippen molar-refractivity contribution in [3.8, 4) is 0 Å². The van der Waals surface area contributed by atoms with Gasteiger partial charge >= 0.3 is 104 Å². The maximum atomic E-state index is 5.31. The molecule has 0 aromatic heterocycles. The van der Waals surface area contributed by atoms with Gasteiger partial charge in [0, 0.05) is 0 Å². The van der Waals surface area contributed by atoms with Crippen LogP contribution in [0.15, 0.2) is 4.52 Å². The first-order valence-electron chi connectivity index (χ1n) is 4.46. The van der Waals surface area contributed by atoms with Gasteiger partial charge in [-0.25, -0.2) is 0 Å². The predicted octanol–water partition coefficient (Wildman–Crippen LogP) is 2.32. The van der Waals surface area contributed by atoms with E-state index in [2.05, 4.69) is 18.8 Å². The van der Waals surface area contributed by atoms with Crippen LogP contribution < -0.4 is 4.86 Å². The molecule has 0 aliphatic rings. The number of rotatable bonds is 8. The van der Waals surface area contributed by atoms with E-state index in [0.717, 1.165) is 0 Å². The topological polar surface area (TPSA) is 79.8 Å². The van der Waals surface area contributed by atoms with Crippen LogP contribution in [0, 0.1) is 0 Å². The Morgan fingerprint density at radius 3 is 1.41 bits per heavy atom. The molecule has 0 bridgehead atoms. The standard InChI is InChI=1S/C6H21N2O6P3/c1-9-16(10-2,11-3)8-17(7-15,12-4,13-5)14-6/h7H,15H2,1-6H3. The Kier molecular flexibility index (Phi) is 7.15. The first-order chi connectivity index (χ1) is 7.95. The third-order valence-corrected chi connectivity index (χ3v) is 9.29. The molecule has 0 aromatic rings. The number of nitrogens with zero attached hydrogens (tertiary/aromatic N) is 1. The quantitative estimate of drug-likeness (QED) is 0.689. The summed E-state index contributed by atoms with van der Waals surface area (Å²) in [6.07, 6.45) is 0. The van der Waals surface area contributed by atoms with Gasteiger partial charge < -0.3 is 0 Å². The van der Waals surface area contributed by atoms with E-state index in [1.165, 1.54) is 42.7 Å². The molecule has 0 radical (unpaired) electrons. The van der Waals surface area contributed by atoms with E-state index in [9.17, 15) is 0 Å². The van der Waals surface area contributed by atoms with Gasteiger partial charge in [0.05, 0.1) is 0 Å². The van der Waals surface area contributed by atoms with Crippen molar-refractivity contribution < 1.29 is 27.1 Å². The normalized spacial score (nSPS) is 15.4. The second-order valence-electron chi connectivity index (χ2n) is 2.62. The van der Waals surface area contributed by atoms with Crippen LogP contribution in [-0.2, 0) is 27.1 Å². The van der Waals surface area contributed by atoms with Gasteiger partial charge in [-0.15, -0.1) is 0 Å². The number of hydrogen-bond acceptors (Lipinski definition) is 8. The first-order valence-corrected chi connectivity index (χ1v) is 8.47. The van der Waals surface area contributed by atoms with Crippen LogP contribution >= 0.6 is 24.7 Å². The van der Waals surface area contributed by atoms with E-state index < -0.39 is 15.3 Å². The SMILES string of the molecule is COP(=NP(NP)(OC)(OC)OC)(OC)OC. The zero-order valence-corrected chi connectivity index (χ0v) is 13.8. The second-order valence-corrected chi connectivity index (χ2v) is 9.19. The summed E-state index contributed by atoms with van der Waals surface area (Å²) in [5, 5.41) is 0. The molecule has 0 fully saturated rings. The molecule has 1 atom stereocenters. The van der Waals surface area contributed by atoms with Gasteiger partial charge in [-0.05, 0) is 0 Å². The van der Waals surface area contributed by atoms with Gasteiger partial charge in [-0.3, -0.25) is 0 Å². The van der Waals surface area contributed by atoms with Crippen molar-refractivity contribution in [3.05, 3.63) is 0 Å². The zero-order chi connectivity index (χ0) is 13.6.